The fraction of sp³-hybridized carbons (Fsp3) is 0.417. The molecule has 2 aromatic heterocycles. The molecule has 2 N–H and O–H groups in total. The molecule has 2 aliphatic heterocycles. The molecule has 10 nitrogen and oxygen atoms in total. The van der Waals surface area contributed by atoms with Crippen molar-refractivity contribution in [3.63, 3.8) is 0 Å². The van der Waals surface area contributed by atoms with Crippen LogP contribution in [-0.4, -0.2) is 75.7 Å². The summed E-state index contributed by atoms with van der Waals surface area (Å²) in [6, 6.07) is 9.08. The molecule has 10 heteroatoms. The van der Waals surface area contributed by atoms with Gasteiger partial charge in [-0.05, 0) is 57.0 Å². The van der Waals surface area contributed by atoms with Crippen LogP contribution in [0, 0.1) is 0 Å². The lowest BCUT2D eigenvalue weighted by Crippen LogP contribution is -2.47. The van der Waals surface area contributed by atoms with E-state index in [9.17, 15) is 9.59 Å². The van der Waals surface area contributed by atoms with Gasteiger partial charge >= 0.3 is 12.1 Å². The summed E-state index contributed by atoms with van der Waals surface area (Å²) >= 11 is 0. The summed E-state index contributed by atoms with van der Waals surface area (Å²) < 4.78 is 7.51. The third-order valence-corrected chi connectivity index (χ3v) is 6.63. The molecule has 34 heavy (non-hydrogen) atoms. The highest BCUT2D eigenvalue weighted by molar-refractivity contribution is 5.94. The van der Waals surface area contributed by atoms with Gasteiger partial charge in [-0.2, -0.15) is 0 Å². The Morgan fingerprint density at radius 3 is 2.59 bits per heavy atom. The van der Waals surface area contributed by atoms with Gasteiger partial charge in [-0.1, -0.05) is 6.07 Å². The van der Waals surface area contributed by atoms with Crippen LogP contribution < -0.4 is 15.4 Å². The van der Waals surface area contributed by atoms with E-state index in [1.165, 1.54) is 36.8 Å². The SMILES string of the molecule is CNC(=O)n1ccc2c(Oc3cc(NC(=O)N4CCC(N5CCCC5)CC4)ncn3)cccc21. The molecular weight excluding hydrogens is 434 g/mol. The molecule has 0 unspecified atom stereocenters. The lowest BCUT2D eigenvalue weighted by atomic mass is 10.0. The minimum Gasteiger partial charge on any atom is -0.438 e. The van der Waals surface area contributed by atoms with E-state index >= 15 is 0 Å². The maximum Gasteiger partial charge on any atom is 0.325 e. The second-order valence-corrected chi connectivity index (χ2v) is 8.66. The number of urea groups is 1. The number of amides is 3. The van der Waals surface area contributed by atoms with Crippen LogP contribution in [0.3, 0.4) is 0 Å². The van der Waals surface area contributed by atoms with Crippen molar-refractivity contribution in [2.75, 3.05) is 38.5 Å². The average molecular weight is 464 g/mol. The Kier molecular flexibility index (Phi) is 6.31. The molecule has 1 aromatic carbocycles. The summed E-state index contributed by atoms with van der Waals surface area (Å²) in [7, 11) is 1.58. The van der Waals surface area contributed by atoms with Crippen molar-refractivity contribution in [3.05, 3.63) is 42.9 Å². The molecule has 0 saturated carbocycles. The number of nitrogens with one attached hydrogen (secondary N) is 2. The highest BCUT2D eigenvalue weighted by Gasteiger charge is 2.28. The van der Waals surface area contributed by atoms with Crippen LogP contribution >= 0.6 is 0 Å². The summed E-state index contributed by atoms with van der Waals surface area (Å²) in [6.45, 7) is 3.85. The molecule has 178 valence electrons. The Bertz CT molecular complexity index is 1180. The third kappa shape index (κ3) is 4.54. The van der Waals surface area contributed by atoms with E-state index in [1.54, 1.807) is 25.4 Å². The number of fused-ring (bicyclic) bond motifs is 1. The van der Waals surface area contributed by atoms with Gasteiger partial charge in [0.1, 0.15) is 17.9 Å². The maximum absolute atomic E-state index is 12.8. The predicted molar refractivity (Wildman–Crippen MR) is 128 cm³/mol. The van der Waals surface area contributed by atoms with E-state index in [0.717, 1.165) is 36.8 Å². The third-order valence-electron chi connectivity index (χ3n) is 6.63. The number of carbonyl (C=O) groups excluding carboxylic acids is 2. The van der Waals surface area contributed by atoms with Gasteiger partial charge in [-0.15, -0.1) is 0 Å². The zero-order valence-corrected chi connectivity index (χ0v) is 19.2. The standard InChI is InChI=1S/C24H29N7O3/c1-25-23(32)31-14-9-18-19(31)5-4-6-20(18)34-22-15-21(26-16-27-22)28-24(33)30-12-7-17(8-13-30)29-10-2-3-11-29/h4-6,9,14-17H,2-3,7-8,10-13H2,1H3,(H,25,32)(H,26,27,28,33). The molecule has 0 bridgehead atoms. The largest absolute Gasteiger partial charge is 0.438 e. The number of nitrogens with zero attached hydrogens (tertiary/aromatic N) is 5. The normalized spacial score (nSPS) is 17.1. The van der Waals surface area contributed by atoms with E-state index in [4.69, 9.17) is 4.74 Å². The first-order valence-corrected chi connectivity index (χ1v) is 11.7. The van der Waals surface area contributed by atoms with E-state index < -0.39 is 0 Å². The van der Waals surface area contributed by atoms with Crippen molar-refractivity contribution in [3.8, 4) is 11.6 Å². The molecule has 4 heterocycles. The fourth-order valence-corrected chi connectivity index (χ4v) is 4.83. The van der Waals surface area contributed by atoms with Gasteiger partial charge in [0.2, 0.25) is 5.88 Å². The number of benzene rings is 1. The lowest BCUT2D eigenvalue weighted by molar-refractivity contribution is 0.140. The van der Waals surface area contributed by atoms with Crippen LogP contribution in [0.1, 0.15) is 25.7 Å². The highest BCUT2D eigenvalue weighted by Crippen LogP contribution is 2.30. The first-order valence-electron chi connectivity index (χ1n) is 11.7. The molecule has 0 aliphatic carbocycles. The van der Waals surface area contributed by atoms with Crippen LogP contribution in [0.2, 0.25) is 0 Å². The van der Waals surface area contributed by atoms with Gasteiger partial charge < -0.3 is 19.9 Å². The van der Waals surface area contributed by atoms with Crippen LogP contribution in [0.4, 0.5) is 15.4 Å². The van der Waals surface area contributed by atoms with Crippen molar-refractivity contribution < 1.29 is 14.3 Å². The zero-order chi connectivity index (χ0) is 23.5. The number of hydrogen-bond acceptors (Lipinski definition) is 6. The number of ether oxygens (including phenoxy) is 1. The molecule has 0 radical (unpaired) electrons. The van der Waals surface area contributed by atoms with Crippen molar-refractivity contribution in [1.29, 1.82) is 0 Å². The Balaban J connectivity index is 1.23. The van der Waals surface area contributed by atoms with Gasteiger partial charge in [-0.25, -0.2) is 19.6 Å². The number of anilines is 1. The van der Waals surface area contributed by atoms with E-state index in [-0.39, 0.29) is 12.1 Å². The molecule has 5 rings (SSSR count). The number of aromatic nitrogens is 3. The number of rotatable bonds is 4. The molecule has 2 aliphatic rings. The molecule has 0 atom stereocenters. The highest BCUT2D eigenvalue weighted by atomic mass is 16.5. The number of likely N-dealkylation sites (tertiary alicyclic amines) is 2. The number of carbonyl (C=O) groups is 2. The van der Waals surface area contributed by atoms with Gasteiger partial charge in [0.05, 0.1) is 5.52 Å². The van der Waals surface area contributed by atoms with Crippen LogP contribution in [0.25, 0.3) is 10.9 Å². The molecule has 3 aromatic rings. The quantitative estimate of drug-likeness (QED) is 0.614. The van der Waals surface area contributed by atoms with Gasteiger partial charge in [-0.3, -0.25) is 9.88 Å². The molecular formula is C24H29N7O3. The second-order valence-electron chi connectivity index (χ2n) is 8.66. The van der Waals surface area contributed by atoms with Gasteiger partial charge in [0.15, 0.2) is 0 Å². The summed E-state index contributed by atoms with van der Waals surface area (Å²) in [5.41, 5.74) is 0.719. The zero-order valence-electron chi connectivity index (χ0n) is 19.2. The average Bonchev–Trinajstić information content (AvgIpc) is 3.55. The first-order chi connectivity index (χ1) is 16.6. The van der Waals surface area contributed by atoms with E-state index in [1.807, 2.05) is 23.1 Å². The summed E-state index contributed by atoms with van der Waals surface area (Å²) in [5, 5.41) is 6.26. The molecule has 0 spiro atoms. The van der Waals surface area contributed by atoms with E-state index in [2.05, 4.69) is 25.5 Å². The summed E-state index contributed by atoms with van der Waals surface area (Å²) in [5.74, 6) is 1.24. The van der Waals surface area contributed by atoms with E-state index in [0.29, 0.717) is 23.5 Å². The summed E-state index contributed by atoms with van der Waals surface area (Å²) in [4.78, 5) is 37.6. The maximum atomic E-state index is 12.8. The van der Waals surface area contributed by atoms with Crippen molar-refractivity contribution in [2.45, 2.75) is 31.7 Å². The molecule has 3 amide bonds. The first kappa shape index (κ1) is 22.1. The smallest absolute Gasteiger partial charge is 0.325 e. The lowest BCUT2D eigenvalue weighted by Gasteiger charge is -2.36. The van der Waals surface area contributed by atoms with Crippen LogP contribution in [0.5, 0.6) is 11.6 Å². The number of piperidine rings is 1. The Hall–Kier alpha value is -3.66. The van der Waals surface area contributed by atoms with Crippen molar-refractivity contribution >= 4 is 28.8 Å². The summed E-state index contributed by atoms with van der Waals surface area (Å²) in [6.07, 6.45) is 7.63. The monoisotopic (exact) mass is 463 g/mol. The van der Waals surface area contributed by atoms with Gasteiger partial charge in [0, 0.05) is 43.8 Å². The minimum atomic E-state index is -0.233. The fourth-order valence-electron chi connectivity index (χ4n) is 4.83. The van der Waals surface area contributed by atoms with Crippen molar-refractivity contribution in [1.82, 2.24) is 29.7 Å². The van der Waals surface area contributed by atoms with Crippen LogP contribution in [-0.2, 0) is 0 Å². The molecule has 2 saturated heterocycles. The number of hydrogen-bond donors (Lipinski definition) is 2. The predicted octanol–water partition coefficient (Wildman–Crippen LogP) is 3.50. The molecule has 2 fully saturated rings. The van der Waals surface area contributed by atoms with Crippen molar-refractivity contribution in [2.24, 2.45) is 0 Å². The second kappa shape index (κ2) is 9.68. The Morgan fingerprint density at radius 1 is 1.03 bits per heavy atom. The van der Waals surface area contributed by atoms with Gasteiger partial charge in [0.25, 0.3) is 0 Å². The topological polar surface area (TPSA) is 105 Å². The van der Waals surface area contributed by atoms with Crippen LogP contribution in [0.15, 0.2) is 42.9 Å². The minimum absolute atomic E-state index is 0.158. The Labute approximate surface area is 197 Å². The Morgan fingerprint density at radius 2 is 1.82 bits per heavy atom.